The number of halogens is 6. The number of benzene rings is 1. The molecule has 0 saturated heterocycles. The highest BCUT2D eigenvalue weighted by Gasteiger charge is 2.31. The fourth-order valence-electron chi connectivity index (χ4n) is 2.58. The quantitative estimate of drug-likeness (QED) is 0.385. The van der Waals surface area contributed by atoms with Crippen LogP contribution >= 0.6 is 0 Å². The zero-order valence-electron chi connectivity index (χ0n) is 15.6. The van der Waals surface area contributed by atoms with Gasteiger partial charge in [-0.3, -0.25) is 14.7 Å². The molecule has 3 N–H and O–H groups in total. The monoisotopic (exact) mass is 461 g/mol. The molecule has 0 spiro atoms. The predicted octanol–water partition coefficient (Wildman–Crippen LogP) is 2.29. The molecular formula is C18H13F6N5O3. The van der Waals surface area contributed by atoms with Crippen molar-refractivity contribution in [1.82, 2.24) is 25.3 Å². The molecule has 3 rings (SSSR count). The smallest absolute Gasteiger partial charge is 0.382 e. The number of aromatic nitrogens is 4. The van der Waals surface area contributed by atoms with Gasteiger partial charge in [-0.05, 0) is 18.2 Å². The van der Waals surface area contributed by atoms with Crippen LogP contribution < -0.4 is 10.9 Å². The number of nitrogens with zero attached hydrogens (tertiary/aromatic N) is 3. The SMILES string of the molecule is O=C(NC(F)[C@H](O)C(F)F)c1cc(-c2ccc(C(F)(F)F)cc2)nn(-c2cn[nH]c2)c1=O. The Bertz CT molecular complexity index is 1150. The molecule has 1 aromatic carbocycles. The third kappa shape index (κ3) is 4.80. The summed E-state index contributed by atoms with van der Waals surface area (Å²) in [6, 6.07) is 4.44. The lowest BCUT2D eigenvalue weighted by Crippen LogP contribution is -2.45. The van der Waals surface area contributed by atoms with Gasteiger partial charge < -0.3 is 10.4 Å². The van der Waals surface area contributed by atoms with Gasteiger partial charge >= 0.3 is 6.18 Å². The molecule has 0 aliphatic heterocycles. The van der Waals surface area contributed by atoms with Gasteiger partial charge in [-0.25, -0.2) is 13.2 Å². The maximum Gasteiger partial charge on any atom is 0.416 e. The molecule has 14 heteroatoms. The van der Waals surface area contributed by atoms with Crippen LogP contribution in [0.15, 0.2) is 47.5 Å². The molecule has 2 heterocycles. The van der Waals surface area contributed by atoms with Gasteiger partial charge in [0.05, 0.1) is 17.5 Å². The van der Waals surface area contributed by atoms with Crippen molar-refractivity contribution < 1.29 is 36.2 Å². The number of hydrogen-bond donors (Lipinski definition) is 3. The van der Waals surface area contributed by atoms with Crippen molar-refractivity contribution in [3.63, 3.8) is 0 Å². The second kappa shape index (κ2) is 8.82. The summed E-state index contributed by atoms with van der Waals surface area (Å²) in [6.07, 6.45) is -11.5. The number of aliphatic hydroxyl groups excluding tert-OH is 1. The van der Waals surface area contributed by atoms with E-state index in [9.17, 15) is 35.9 Å². The summed E-state index contributed by atoms with van der Waals surface area (Å²) < 4.78 is 77.8. The highest BCUT2D eigenvalue weighted by atomic mass is 19.4. The first-order valence-electron chi connectivity index (χ1n) is 8.71. The maximum atomic E-state index is 13.8. The molecular weight excluding hydrogens is 448 g/mol. The topological polar surface area (TPSA) is 113 Å². The third-order valence-electron chi connectivity index (χ3n) is 4.22. The predicted molar refractivity (Wildman–Crippen MR) is 96.8 cm³/mol. The number of carbonyl (C=O) groups is 1. The standard InChI is InChI=1S/C18H13F6N5O3/c19-14(20)13(30)15(21)27-16(31)11-5-12(8-1-3-9(4-2-8)18(22,23)24)28-29(17(11)32)10-6-25-26-7-10/h1-7,13-15,30H,(H,25,26)(H,27,31)/t13-,15?/m1/s1. The van der Waals surface area contributed by atoms with Crippen LogP contribution in [0.2, 0.25) is 0 Å². The van der Waals surface area contributed by atoms with Crippen LogP contribution in [0.3, 0.4) is 0 Å². The first-order valence-corrected chi connectivity index (χ1v) is 8.71. The number of aliphatic hydroxyl groups is 1. The Morgan fingerprint density at radius 1 is 1.16 bits per heavy atom. The molecule has 0 fully saturated rings. The fraction of sp³-hybridized carbons (Fsp3) is 0.222. The number of nitrogens with one attached hydrogen (secondary N) is 2. The molecule has 32 heavy (non-hydrogen) atoms. The van der Waals surface area contributed by atoms with Crippen molar-refractivity contribution in [3.05, 3.63) is 64.2 Å². The van der Waals surface area contributed by atoms with Crippen LogP contribution in [0.5, 0.6) is 0 Å². The van der Waals surface area contributed by atoms with E-state index in [2.05, 4.69) is 15.3 Å². The fourth-order valence-corrected chi connectivity index (χ4v) is 2.58. The highest BCUT2D eigenvalue weighted by molar-refractivity contribution is 5.95. The number of rotatable bonds is 6. The Labute approximate surface area is 174 Å². The van der Waals surface area contributed by atoms with E-state index in [4.69, 9.17) is 5.11 Å². The second-order valence-corrected chi connectivity index (χ2v) is 6.39. The molecule has 0 radical (unpaired) electrons. The molecule has 2 aromatic heterocycles. The molecule has 0 aliphatic rings. The van der Waals surface area contributed by atoms with Crippen LogP contribution in [-0.2, 0) is 6.18 Å². The molecule has 0 saturated carbocycles. The lowest BCUT2D eigenvalue weighted by Gasteiger charge is -2.16. The summed E-state index contributed by atoms with van der Waals surface area (Å²) in [4.78, 5) is 25.1. The van der Waals surface area contributed by atoms with Gasteiger partial charge in [0.25, 0.3) is 17.9 Å². The number of aromatic amines is 1. The largest absolute Gasteiger partial charge is 0.416 e. The Hall–Kier alpha value is -3.68. The molecule has 3 aromatic rings. The first kappa shape index (κ1) is 23.0. The van der Waals surface area contributed by atoms with E-state index < -0.39 is 47.6 Å². The maximum absolute atomic E-state index is 13.8. The van der Waals surface area contributed by atoms with Crippen molar-refractivity contribution in [2.75, 3.05) is 0 Å². The van der Waals surface area contributed by atoms with Crippen LogP contribution in [-0.4, -0.2) is 49.8 Å². The summed E-state index contributed by atoms with van der Waals surface area (Å²) in [6.45, 7) is 0. The molecule has 1 amide bonds. The van der Waals surface area contributed by atoms with E-state index in [-0.39, 0.29) is 16.9 Å². The van der Waals surface area contributed by atoms with Crippen LogP contribution in [0.4, 0.5) is 26.3 Å². The van der Waals surface area contributed by atoms with Gasteiger partial charge in [0.2, 0.25) is 6.30 Å². The third-order valence-corrected chi connectivity index (χ3v) is 4.22. The second-order valence-electron chi connectivity index (χ2n) is 6.39. The van der Waals surface area contributed by atoms with Crippen LogP contribution in [0, 0.1) is 0 Å². The van der Waals surface area contributed by atoms with E-state index >= 15 is 0 Å². The Morgan fingerprint density at radius 3 is 2.34 bits per heavy atom. The minimum Gasteiger partial charge on any atom is -0.382 e. The lowest BCUT2D eigenvalue weighted by atomic mass is 10.1. The van der Waals surface area contributed by atoms with E-state index in [1.807, 2.05) is 0 Å². The molecule has 0 aliphatic carbocycles. The van der Waals surface area contributed by atoms with E-state index in [1.165, 1.54) is 11.5 Å². The number of hydrogen-bond acceptors (Lipinski definition) is 5. The Morgan fingerprint density at radius 2 is 1.81 bits per heavy atom. The summed E-state index contributed by atoms with van der Waals surface area (Å²) in [7, 11) is 0. The van der Waals surface area contributed by atoms with E-state index in [0.717, 1.165) is 36.5 Å². The lowest BCUT2D eigenvalue weighted by molar-refractivity contribution is -0.137. The summed E-state index contributed by atoms with van der Waals surface area (Å²) in [5, 5.41) is 20.5. The highest BCUT2D eigenvalue weighted by Crippen LogP contribution is 2.30. The molecule has 0 bridgehead atoms. The summed E-state index contributed by atoms with van der Waals surface area (Å²) >= 11 is 0. The van der Waals surface area contributed by atoms with Gasteiger partial charge in [-0.2, -0.15) is 28.1 Å². The number of carbonyl (C=O) groups excluding carboxylic acids is 1. The molecule has 2 atom stereocenters. The van der Waals surface area contributed by atoms with Crippen LogP contribution in [0.1, 0.15) is 15.9 Å². The van der Waals surface area contributed by atoms with Crippen molar-refractivity contribution in [1.29, 1.82) is 0 Å². The number of amides is 1. The molecule has 8 nitrogen and oxygen atoms in total. The average Bonchev–Trinajstić information content (AvgIpc) is 3.27. The molecule has 1 unspecified atom stereocenters. The van der Waals surface area contributed by atoms with Crippen molar-refractivity contribution in [2.45, 2.75) is 25.0 Å². The Kier molecular flexibility index (Phi) is 6.34. The first-order chi connectivity index (χ1) is 15.0. The van der Waals surface area contributed by atoms with Gasteiger partial charge in [0.15, 0.2) is 6.10 Å². The van der Waals surface area contributed by atoms with Gasteiger partial charge in [0.1, 0.15) is 11.3 Å². The van der Waals surface area contributed by atoms with Gasteiger partial charge in [-0.15, -0.1) is 0 Å². The summed E-state index contributed by atoms with van der Waals surface area (Å²) in [5.74, 6) is -1.45. The van der Waals surface area contributed by atoms with Crippen LogP contribution in [0.25, 0.3) is 16.9 Å². The zero-order valence-corrected chi connectivity index (χ0v) is 15.6. The Balaban J connectivity index is 2.07. The van der Waals surface area contributed by atoms with E-state index in [0.29, 0.717) is 4.68 Å². The van der Waals surface area contributed by atoms with Crippen molar-refractivity contribution >= 4 is 5.91 Å². The van der Waals surface area contributed by atoms with Gasteiger partial charge in [0, 0.05) is 11.8 Å². The summed E-state index contributed by atoms with van der Waals surface area (Å²) in [5.41, 5.74) is -2.88. The zero-order chi connectivity index (χ0) is 23.6. The number of H-pyrrole nitrogens is 1. The molecule has 170 valence electrons. The average molecular weight is 461 g/mol. The minimum absolute atomic E-state index is 0.0298. The normalized spacial score (nSPS) is 13.8. The van der Waals surface area contributed by atoms with Gasteiger partial charge in [-0.1, -0.05) is 12.1 Å². The van der Waals surface area contributed by atoms with Crippen molar-refractivity contribution in [2.24, 2.45) is 0 Å². The van der Waals surface area contributed by atoms with Crippen molar-refractivity contribution in [3.8, 4) is 16.9 Å². The minimum atomic E-state index is -4.60. The van der Waals surface area contributed by atoms with E-state index in [1.54, 1.807) is 0 Å². The number of alkyl halides is 6.